The first-order valence-corrected chi connectivity index (χ1v) is 5.46. The molecule has 19 heavy (non-hydrogen) atoms. The SMILES string of the molecule is O=C(O)CCNc1cc(C(=O)O)c(Cl)cc1C(=O)O. The number of halogens is 1. The van der Waals surface area contributed by atoms with E-state index in [1.165, 1.54) is 0 Å². The molecule has 8 heteroatoms. The molecule has 0 bridgehead atoms. The second-order valence-corrected chi connectivity index (χ2v) is 3.97. The Bertz CT molecular complexity index is 542. The van der Waals surface area contributed by atoms with Crippen LogP contribution in [0.2, 0.25) is 5.02 Å². The lowest BCUT2D eigenvalue weighted by Crippen LogP contribution is -2.12. The lowest BCUT2D eigenvalue weighted by molar-refractivity contribution is -0.136. The van der Waals surface area contributed by atoms with E-state index in [4.69, 9.17) is 26.9 Å². The minimum Gasteiger partial charge on any atom is -0.481 e. The zero-order chi connectivity index (χ0) is 14.6. The van der Waals surface area contributed by atoms with Crippen molar-refractivity contribution in [3.63, 3.8) is 0 Å². The molecule has 1 aromatic carbocycles. The Morgan fingerprint density at radius 1 is 1.05 bits per heavy atom. The van der Waals surface area contributed by atoms with E-state index in [2.05, 4.69) is 5.32 Å². The molecule has 0 saturated carbocycles. The summed E-state index contributed by atoms with van der Waals surface area (Å²) in [4.78, 5) is 32.2. The number of benzene rings is 1. The zero-order valence-corrected chi connectivity index (χ0v) is 10.3. The maximum atomic E-state index is 11.0. The van der Waals surface area contributed by atoms with Gasteiger partial charge in [-0.1, -0.05) is 11.6 Å². The van der Waals surface area contributed by atoms with Gasteiger partial charge in [-0.05, 0) is 12.1 Å². The average Bonchev–Trinajstić information content (AvgIpc) is 2.29. The van der Waals surface area contributed by atoms with Gasteiger partial charge in [0.05, 0.1) is 22.6 Å². The van der Waals surface area contributed by atoms with Gasteiger partial charge in [-0.2, -0.15) is 0 Å². The lowest BCUT2D eigenvalue weighted by atomic mass is 10.1. The predicted molar refractivity (Wildman–Crippen MR) is 66.1 cm³/mol. The van der Waals surface area contributed by atoms with Crippen molar-refractivity contribution in [2.75, 3.05) is 11.9 Å². The Morgan fingerprint density at radius 2 is 1.63 bits per heavy atom. The summed E-state index contributed by atoms with van der Waals surface area (Å²) in [6.45, 7) is -0.0314. The molecule has 0 unspecified atom stereocenters. The van der Waals surface area contributed by atoms with Gasteiger partial charge in [0.15, 0.2) is 0 Å². The summed E-state index contributed by atoms with van der Waals surface area (Å²) in [5.41, 5.74) is -0.472. The average molecular weight is 288 g/mol. The first-order valence-electron chi connectivity index (χ1n) is 5.08. The molecule has 1 aromatic rings. The summed E-state index contributed by atoms with van der Waals surface area (Å²) in [5.74, 6) is -3.66. The summed E-state index contributed by atoms with van der Waals surface area (Å²) in [5, 5.41) is 28.7. The zero-order valence-electron chi connectivity index (χ0n) is 9.51. The van der Waals surface area contributed by atoms with Gasteiger partial charge in [-0.25, -0.2) is 9.59 Å². The highest BCUT2D eigenvalue weighted by atomic mass is 35.5. The molecule has 0 amide bonds. The van der Waals surface area contributed by atoms with Crippen molar-refractivity contribution >= 4 is 35.2 Å². The van der Waals surface area contributed by atoms with E-state index in [9.17, 15) is 14.4 Å². The molecule has 0 spiro atoms. The fourth-order valence-electron chi connectivity index (χ4n) is 1.36. The van der Waals surface area contributed by atoms with Gasteiger partial charge >= 0.3 is 17.9 Å². The standard InChI is InChI=1S/C11H10ClNO6/c12-7-3-6(11(18)19)8(4-5(7)10(16)17)13-2-1-9(14)15/h3-4,13H,1-2H2,(H,14,15)(H,16,17)(H,18,19). The first kappa shape index (κ1) is 14.8. The van der Waals surface area contributed by atoms with Gasteiger partial charge in [0, 0.05) is 12.2 Å². The maximum Gasteiger partial charge on any atom is 0.337 e. The van der Waals surface area contributed by atoms with Gasteiger partial charge < -0.3 is 20.6 Å². The van der Waals surface area contributed by atoms with E-state index in [0.29, 0.717) is 0 Å². The van der Waals surface area contributed by atoms with Crippen LogP contribution in [-0.4, -0.2) is 39.8 Å². The van der Waals surface area contributed by atoms with Crippen LogP contribution in [-0.2, 0) is 4.79 Å². The monoisotopic (exact) mass is 287 g/mol. The molecular weight excluding hydrogens is 278 g/mol. The van der Waals surface area contributed by atoms with Gasteiger partial charge in [0.25, 0.3) is 0 Å². The van der Waals surface area contributed by atoms with Crippen LogP contribution in [0.3, 0.4) is 0 Å². The van der Waals surface area contributed by atoms with E-state index in [0.717, 1.165) is 12.1 Å². The van der Waals surface area contributed by atoms with Crippen LogP contribution >= 0.6 is 11.6 Å². The van der Waals surface area contributed by atoms with E-state index < -0.39 is 17.9 Å². The molecule has 102 valence electrons. The number of carboxylic acid groups (broad SMARTS) is 3. The Balaban J connectivity index is 3.10. The summed E-state index contributed by atoms with van der Waals surface area (Å²) < 4.78 is 0. The van der Waals surface area contributed by atoms with Crippen molar-refractivity contribution in [2.24, 2.45) is 0 Å². The Labute approximate surface area is 112 Å². The number of rotatable bonds is 6. The highest BCUT2D eigenvalue weighted by Crippen LogP contribution is 2.25. The minimum absolute atomic E-state index is 0.00977. The quantitative estimate of drug-likeness (QED) is 0.626. The van der Waals surface area contributed by atoms with E-state index >= 15 is 0 Å². The number of nitrogens with one attached hydrogen (secondary N) is 1. The van der Waals surface area contributed by atoms with E-state index in [1.54, 1.807) is 0 Å². The number of carboxylic acids is 3. The number of aliphatic carboxylic acids is 1. The fourth-order valence-corrected chi connectivity index (χ4v) is 1.61. The van der Waals surface area contributed by atoms with Crippen LogP contribution in [0, 0.1) is 0 Å². The predicted octanol–water partition coefficient (Wildman–Crippen LogP) is 1.62. The van der Waals surface area contributed by atoms with Gasteiger partial charge in [0.2, 0.25) is 0 Å². The van der Waals surface area contributed by atoms with Crippen molar-refractivity contribution in [1.29, 1.82) is 0 Å². The van der Waals surface area contributed by atoms with Crippen LogP contribution in [0.5, 0.6) is 0 Å². The molecule has 1 rings (SSSR count). The second-order valence-electron chi connectivity index (χ2n) is 3.56. The van der Waals surface area contributed by atoms with E-state index in [-0.39, 0.29) is 34.8 Å². The summed E-state index contributed by atoms with van der Waals surface area (Å²) >= 11 is 5.66. The second kappa shape index (κ2) is 6.05. The Hall–Kier alpha value is -2.28. The van der Waals surface area contributed by atoms with E-state index in [1.807, 2.05) is 0 Å². The summed E-state index contributed by atoms with van der Waals surface area (Å²) in [7, 11) is 0. The molecule has 0 fully saturated rings. The molecule has 7 nitrogen and oxygen atoms in total. The molecular formula is C11H10ClNO6. The summed E-state index contributed by atoms with van der Waals surface area (Å²) in [6.07, 6.45) is -0.232. The number of aromatic carboxylic acids is 2. The van der Waals surface area contributed by atoms with Gasteiger partial charge in [-0.3, -0.25) is 4.79 Å². The van der Waals surface area contributed by atoms with Crippen LogP contribution in [0.4, 0.5) is 5.69 Å². The molecule has 0 radical (unpaired) electrons. The molecule has 0 aliphatic rings. The fraction of sp³-hybridized carbons (Fsp3) is 0.182. The van der Waals surface area contributed by atoms with Crippen LogP contribution < -0.4 is 5.32 Å². The number of hydrogen-bond acceptors (Lipinski definition) is 4. The Morgan fingerprint density at radius 3 is 2.11 bits per heavy atom. The van der Waals surface area contributed by atoms with Crippen molar-refractivity contribution in [1.82, 2.24) is 0 Å². The Kier molecular flexibility index (Phi) is 4.71. The van der Waals surface area contributed by atoms with Crippen molar-refractivity contribution in [3.05, 3.63) is 28.3 Å². The molecule has 0 aliphatic heterocycles. The topological polar surface area (TPSA) is 124 Å². The van der Waals surface area contributed by atoms with Gasteiger partial charge in [0.1, 0.15) is 0 Å². The largest absolute Gasteiger partial charge is 0.481 e. The lowest BCUT2D eigenvalue weighted by Gasteiger charge is -2.11. The van der Waals surface area contributed by atoms with Crippen LogP contribution in [0.15, 0.2) is 12.1 Å². The highest BCUT2D eigenvalue weighted by molar-refractivity contribution is 6.34. The van der Waals surface area contributed by atoms with Crippen LogP contribution in [0.25, 0.3) is 0 Å². The smallest absolute Gasteiger partial charge is 0.337 e. The number of anilines is 1. The van der Waals surface area contributed by atoms with Gasteiger partial charge in [-0.15, -0.1) is 0 Å². The summed E-state index contributed by atoms with van der Waals surface area (Å²) in [6, 6.07) is 2.08. The normalized spacial score (nSPS) is 9.95. The van der Waals surface area contributed by atoms with Crippen molar-refractivity contribution in [3.8, 4) is 0 Å². The molecule has 4 N–H and O–H groups in total. The van der Waals surface area contributed by atoms with Crippen molar-refractivity contribution in [2.45, 2.75) is 6.42 Å². The molecule has 0 saturated heterocycles. The number of carbonyl (C=O) groups is 3. The third-order valence-corrected chi connectivity index (χ3v) is 2.54. The molecule has 0 heterocycles. The third-order valence-electron chi connectivity index (χ3n) is 2.22. The third kappa shape index (κ3) is 3.85. The number of hydrogen-bond donors (Lipinski definition) is 4. The van der Waals surface area contributed by atoms with Crippen molar-refractivity contribution < 1.29 is 29.7 Å². The highest BCUT2D eigenvalue weighted by Gasteiger charge is 2.17. The minimum atomic E-state index is -1.30. The van der Waals surface area contributed by atoms with Crippen LogP contribution in [0.1, 0.15) is 27.1 Å². The molecule has 0 aliphatic carbocycles. The first-order chi connectivity index (χ1) is 8.82. The maximum absolute atomic E-state index is 11.0. The molecule has 0 atom stereocenters. The molecule has 0 aromatic heterocycles.